The summed E-state index contributed by atoms with van der Waals surface area (Å²) in [5, 5.41) is 16.8. The third-order valence-electron chi connectivity index (χ3n) is 8.42. The molecule has 0 aliphatic carbocycles. The lowest BCUT2D eigenvalue weighted by molar-refractivity contribution is -0.128. The van der Waals surface area contributed by atoms with Crippen LogP contribution in [0.2, 0.25) is 0 Å². The molecule has 0 spiro atoms. The zero-order chi connectivity index (χ0) is 37.9. The number of aliphatic hydroxyl groups excluding tert-OH is 1. The van der Waals surface area contributed by atoms with Gasteiger partial charge in [-0.25, -0.2) is 15.0 Å². The van der Waals surface area contributed by atoms with Crippen LogP contribution < -0.4 is 16.4 Å². The van der Waals surface area contributed by atoms with E-state index in [1.165, 1.54) is 12.7 Å². The molecule has 0 fully saturated rings. The number of aromatic nitrogens is 4. The molecule has 0 aliphatic rings. The molecule has 282 valence electrons. The van der Waals surface area contributed by atoms with Gasteiger partial charge in [0.25, 0.3) is 0 Å². The molecule has 18 nitrogen and oxygen atoms in total. The van der Waals surface area contributed by atoms with Gasteiger partial charge in [-0.15, -0.1) is 4.91 Å². The Bertz CT molecular complexity index is 1580. The van der Waals surface area contributed by atoms with Crippen molar-refractivity contribution in [2.75, 3.05) is 56.1 Å². The van der Waals surface area contributed by atoms with Crippen LogP contribution in [0.3, 0.4) is 0 Å². The summed E-state index contributed by atoms with van der Waals surface area (Å²) in [5.74, 6) is -2.99. The summed E-state index contributed by atoms with van der Waals surface area (Å²) in [6, 6.07) is -0.652. The predicted molar refractivity (Wildman–Crippen MR) is 196 cm³/mol. The van der Waals surface area contributed by atoms with Gasteiger partial charge >= 0.3 is 15.1 Å². The van der Waals surface area contributed by atoms with Gasteiger partial charge in [-0.05, 0) is 24.5 Å². The molecule has 2 rings (SSSR count). The summed E-state index contributed by atoms with van der Waals surface area (Å²) in [7, 11) is -11.1. The smallest absolute Gasteiger partial charge is 0.364 e. The molecular formula is C28H50N8O10P3S+. The number of nitrogens with one attached hydrogen (secondary N) is 2. The number of carbonyl (C=O) groups excluding carboxylic acids is 2. The van der Waals surface area contributed by atoms with Crippen molar-refractivity contribution in [2.45, 2.75) is 53.2 Å². The number of fused-ring (bicyclic) bond motifs is 1. The number of imidazole rings is 1. The fourth-order valence-corrected chi connectivity index (χ4v) is 9.94. The fraction of sp³-hybridized carbons (Fsp3) is 0.714. The Hall–Kier alpha value is -2.33. The number of rotatable bonds is 23. The second-order valence-electron chi connectivity index (χ2n) is 12.8. The second-order valence-corrected chi connectivity index (χ2v) is 19.5. The molecule has 8 unspecified atom stereocenters. The normalized spacial score (nSPS) is 17.8. The van der Waals surface area contributed by atoms with Gasteiger partial charge in [0, 0.05) is 42.0 Å². The van der Waals surface area contributed by atoms with E-state index < -0.39 is 83.2 Å². The van der Waals surface area contributed by atoms with E-state index >= 15 is 0 Å². The minimum atomic E-state index is -4.74. The third-order valence-corrected chi connectivity index (χ3v) is 14.1. The Kier molecular flexibility index (Phi) is 17.1. The molecule has 50 heavy (non-hydrogen) atoms. The number of nitrogens with zero attached hydrogens (tertiary/aromatic N) is 5. The highest BCUT2D eigenvalue weighted by Crippen LogP contribution is 2.62. The minimum absolute atomic E-state index is 0.0434. The van der Waals surface area contributed by atoms with Gasteiger partial charge in [-0.1, -0.05) is 27.7 Å². The average molecular weight is 784 g/mol. The first kappa shape index (κ1) is 43.8. The summed E-state index contributed by atoms with van der Waals surface area (Å²) in [5.41, 5.74) is 5.60. The summed E-state index contributed by atoms with van der Waals surface area (Å²) >= 11 is 1.59. The monoisotopic (exact) mass is 783 g/mol. The first-order valence-electron chi connectivity index (χ1n) is 15.7. The van der Waals surface area contributed by atoms with E-state index in [-0.39, 0.29) is 30.9 Å². The standard InChI is InChI=1S/C28H49N8O10P3S/c1-18(21(13-47(6)41)24(38)20(3)36-16-34-23-25(29)32-15-33-26(23)36)12-45-48(42,35-40)17-49(43,44)46-14-28(4,5)19(2)27(39)31-9-8-22(37)30-10-11-50-7/h15-16,18-21,24,38H,6,8-14,17H2,1-5,7H3,(H5-,29,30,31,32,33,37,39,41,43,44)/p+1. The number of nitrogens with two attached hydrogens (primary N) is 1. The SMILES string of the molecule is C=[P+](O)CC(C(C)COP(=O)(CP(=O)(O)OCC(C)(C)C(C)C(=O)NCCC(=O)NCCSC)N=O)C(O)C(C)n1cnc2c(N)ncnc21. The topological polar surface area (TPSA) is 271 Å². The van der Waals surface area contributed by atoms with Gasteiger partial charge in [0.1, 0.15) is 24.3 Å². The predicted octanol–water partition coefficient (Wildman–Crippen LogP) is 3.19. The van der Waals surface area contributed by atoms with Gasteiger partial charge in [-0.2, -0.15) is 16.7 Å². The zero-order valence-corrected chi connectivity index (χ0v) is 32.7. The summed E-state index contributed by atoms with van der Waals surface area (Å²) in [6.07, 6.45) is 7.27. The number of hydrogen-bond acceptors (Lipinski definition) is 14. The Morgan fingerprint density at radius 3 is 2.48 bits per heavy atom. The molecule has 2 aromatic rings. The molecule has 22 heteroatoms. The molecule has 0 radical (unpaired) electrons. The molecular weight excluding hydrogens is 733 g/mol. The van der Waals surface area contributed by atoms with Gasteiger partial charge in [0.2, 0.25) is 19.6 Å². The van der Waals surface area contributed by atoms with Crippen LogP contribution in [0, 0.1) is 28.1 Å². The summed E-state index contributed by atoms with van der Waals surface area (Å²) in [4.78, 5) is 71.9. The number of carbonyl (C=O) groups is 2. The number of amides is 2. The van der Waals surface area contributed by atoms with Crippen molar-refractivity contribution in [1.82, 2.24) is 30.2 Å². The number of aliphatic hydroxyl groups is 1. The van der Waals surface area contributed by atoms with E-state index in [0.717, 1.165) is 5.75 Å². The Morgan fingerprint density at radius 2 is 1.86 bits per heavy atom. The lowest BCUT2D eigenvalue weighted by atomic mass is 9.80. The minimum Gasteiger partial charge on any atom is -0.391 e. The lowest BCUT2D eigenvalue weighted by Gasteiger charge is -2.32. The maximum atomic E-state index is 13.3. The summed E-state index contributed by atoms with van der Waals surface area (Å²) < 4.78 is 38.5. The molecule has 0 aliphatic heterocycles. The van der Waals surface area contributed by atoms with Crippen LogP contribution in [0.25, 0.3) is 11.2 Å². The molecule has 2 aromatic heterocycles. The van der Waals surface area contributed by atoms with Crippen molar-refractivity contribution >= 4 is 69.7 Å². The molecule has 0 aromatic carbocycles. The maximum absolute atomic E-state index is 13.3. The highest BCUT2D eigenvalue weighted by Gasteiger charge is 2.42. The Morgan fingerprint density at radius 1 is 1.18 bits per heavy atom. The number of nitrogen functional groups attached to an aromatic ring is 1. The third kappa shape index (κ3) is 13.0. The van der Waals surface area contributed by atoms with E-state index in [2.05, 4.69) is 36.8 Å². The van der Waals surface area contributed by atoms with Crippen molar-refractivity contribution in [3.8, 4) is 0 Å². The molecule has 8 atom stereocenters. The number of thioether (sulfide) groups is 1. The molecule has 0 saturated heterocycles. The Labute approximate surface area is 297 Å². The van der Waals surface area contributed by atoms with Gasteiger partial charge in [0.05, 0.1) is 31.7 Å². The first-order chi connectivity index (χ1) is 23.3. The van der Waals surface area contributed by atoms with Gasteiger partial charge < -0.3 is 40.0 Å². The van der Waals surface area contributed by atoms with Crippen molar-refractivity contribution in [3.63, 3.8) is 0 Å². The second kappa shape index (κ2) is 19.5. The van der Waals surface area contributed by atoms with E-state index in [4.69, 9.17) is 14.8 Å². The van der Waals surface area contributed by atoms with E-state index in [9.17, 15) is 38.5 Å². The van der Waals surface area contributed by atoms with Crippen LogP contribution in [-0.4, -0.2) is 109 Å². The van der Waals surface area contributed by atoms with Crippen molar-refractivity contribution in [1.29, 1.82) is 0 Å². The maximum Gasteiger partial charge on any atom is 0.364 e. The van der Waals surface area contributed by atoms with E-state index in [0.29, 0.717) is 17.7 Å². The van der Waals surface area contributed by atoms with Crippen LogP contribution >= 0.6 is 34.6 Å². The zero-order valence-electron chi connectivity index (χ0n) is 29.2. The molecule has 0 bridgehead atoms. The fourth-order valence-electron chi connectivity index (χ4n) is 4.85. The number of anilines is 1. The van der Waals surface area contributed by atoms with Crippen molar-refractivity contribution < 1.29 is 42.7 Å². The average Bonchev–Trinajstić information content (AvgIpc) is 3.49. The lowest BCUT2D eigenvalue weighted by Crippen LogP contribution is -2.41. The number of hydrogen-bond donors (Lipinski definition) is 6. The molecule has 0 saturated carbocycles. The molecule has 2 amide bonds. The van der Waals surface area contributed by atoms with Crippen molar-refractivity contribution in [2.24, 2.45) is 28.1 Å². The van der Waals surface area contributed by atoms with Crippen LogP contribution in [0.15, 0.2) is 17.6 Å². The van der Waals surface area contributed by atoms with E-state index in [1.807, 2.05) is 6.26 Å². The molecule has 7 N–H and O–H groups in total. The Balaban J connectivity index is 2.02. The highest BCUT2D eigenvalue weighted by molar-refractivity contribution is 7.98. The first-order valence-corrected chi connectivity index (χ1v) is 22.3. The highest BCUT2D eigenvalue weighted by atomic mass is 32.2. The molecule has 2 heterocycles. The van der Waals surface area contributed by atoms with Crippen LogP contribution in [-0.2, 0) is 27.8 Å². The van der Waals surface area contributed by atoms with E-state index in [1.54, 1.807) is 50.9 Å². The van der Waals surface area contributed by atoms with Crippen LogP contribution in [0.1, 0.15) is 47.1 Å². The van der Waals surface area contributed by atoms with Gasteiger partial charge in [-0.3, -0.25) is 18.7 Å². The quantitative estimate of drug-likeness (QED) is 0.0537. The number of nitroso groups, excluding NO2 is 1. The van der Waals surface area contributed by atoms with Crippen LogP contribution in [0.4, 0.5) is 5.82 Å². The summed E-state index contributed by atoms with van der Waals surface area (Å²) in [6.45, 7) is 7.94. The van der Waals surface area contributed by atoms with Crippen LogP contribution in [0.5, 0.6) is 0 Å². The van der Waals surface area contributed by atoms with Gasteiger partial charge in [0.15, 0.2) is 17.4 Å². The largest absolute Gasteiger partial charge is 0.391 e. The van der Waals surface area contributed by atoms with Crippen molar-refractivity contribution in [3.05, 3.63) is 17.6 Å².